The Morgan fingerprint density at radius 1 is 1.03 bits per heavy atom. The Labute approximate surface area is 197 Å². The van der Waals surface area contributed by atoms with E-state index in [1.54, 1.807) is 42.5 Å². The van der Waals surface area contributed by atoms with E-state index in [1.165, 1.54) is 18.2 Å². The summed E-state index contributed by atoms with van der Waals surface area (Å²) in [6.45, 7) is 2.40. The van der Waals surface area contributed by atoms with Crippen LogP contribution in [0.5, 0.6) is 0 Å². The van der Waals surface area contributed by atoms with Crippen LogP contribution in [0, 0.1) is 5.82 Å². The zero-order chi connectivity index (χ0) is 24.1. The minimum Gasteiger partial charge on any atom is -0.491 e. The van der Waals surface area contributed by atoms with E-state index in [1.807, 2.05) is 13.0 Å². The number of hydrogen-bond donors (Lipinski definition) is 0. The fourth-order valence-electron chi connectivity index (χ4n) is 4.29. The van der Waals surface area contributed by atoms with Crippen molar-refractivity contribution in [3.05, 3.63) is 89.5 Å². The van der Waals surface area contributed by atoms with Gasteiger partial charge in [-0.15, -0.1) is 0 Å². The van der Waals surface area contributed by atoms with E-state index in [0.717, 1.165) is 18.3 Å². The highest BCUT2D eigenvalue weighted by atomic mass is 19.2. The Bertz CT molecular complexity index is 1100. The van der Waals surface area contributed by atoms with Gasteiger partial charge in [-0.1, -0.05) is 54.6 Å². The molecule has 6 heteroatoms. The van der Waals surface area contributed by atoms with Crippen molar-refractivity contribution in [2.24, 2.45) is 0 Å². The largest absolute Gasteiger partial charge is 0.491 e. The second-order valence-electron chi connectivity index (χ2n) is 8.47. The number of hydrogen-bond acceptors (Lipinski definition) is 3. The number of allylic oxidation sites excluding steroid dienone is 5. The molecule has 0 N–H and O–H groups in total. The zero-order valence-corrected chi connectivity index (χ0v) is 18.9. The fourth-order valence-corrected chi connectivity index (χ4v) is 4.29. The standard InChI is InChI=1S/C28H27F3O3/c1-2-3-14-33-26-13-12-24(27(30)28(26)31)19-6-4-18(5-7-19)23-11-9-20(15-25(23)29)21-8-10-22(16-32)34-17-21/h2-7,9,11-13,15-16,21-22,27-28H,8,10,14,17H2,1H3/b3-2+. The normalized spacial score (nSPS) is 25.1. The highest BCUT2D eigenvalue weighted by molar-refractivity contribution is 5.75. The first-order valence-electron chi connectivity index (χ1n) is 11.4. The number of aldehydes is 1. The molecule has 2 aromatic carbocycles. The molecule has 4 unspecified atom stereocenters. The molecule has 0 amide bonds. The number of carbonyl (C=O) groups excluding carboxylic acids is 1. The lowest BCUT2D eigenvalue weighted by Crippen LogP contribution is -2.25. The Hall–Kier alpha value is -3.12. The van der Waals surface area contributed by atoms with E-state index < -0.39 is 12.3 Å². The lowest BCUT2D eigenvalue weighted by atomic mass is 9.89. The molecule has 1 heterocycles. The Balaban J connectivity index is 1.49. The molecule has 1 aliphatic carbocycles. The van der Waals surface area contributed by atoms with Gasteiger partial charge in [0.15, 0.2) is 12.3 Å². The van der Waals surface area contributed by atoms with Gasteiger partial charge in [0.2, 0.25) is 0 Å². The molecule has 1 saturated heterocycles. The third-order valence-corrected chi connectivity index (χ3v) is 6.29. The predicted molar refractivity (Wildman–Crippen MR) is 126 cm³/mol. The molecule has 1 fully saturated rings. The monoisotopic (exact) mass is 468 g/mol. The third-order valence-electron chi connectivity index (χ3n) is 6.29. The van der Waals surface area contributed by atoms with Gasteiger partial charge >= 0.3 is 0 Å². The molecule has 34 heavy (non-hydrogen) atoms. The summed E-state index contributed by atoms with van der Waals surface area (Å²) in [6.07, 6.45) is 4.58. The van der Waals surface area contributed by atoms with Crippen molar-refractivity contribution in [2.75, 3.05) is 13.2 Å². The summed E-state index contributed by atoms with van der Waals surface area (Å²) in [7, 11) is 0. The average molecular weight is 469 g/mol. The number of ether oxygens (including phenoxy) is 2. The van der Waals surface area contributed by atoms with E-state index >= 15 is 0 Å². The lowest BCUT2D eigenvalue weighted by molar-refractivity contribution is -0.121. The van der Waals surface area contributed by atoms with Gasteiger partial charge < -0.3 is 14.3 Å². The van der Waals surface area contributed by atoms with Crippen LogP contribution in [0.4, 0.5) is 13.2 Å². The predicted octanol–water partition coefficient (Wildman–Crippen LogP) is 6.50. The van der Waals surface area contributed by atoms with Gasteiger partial charge in [0, 0.05) is 11.5 Å². The molecule has 0 aromatic heterocycles. The van der Waals surface area contributed by atoms with Crippen LogP contribution in [0.2, 0.25) is 0 Å². The molecule has 3 nitrogen and oxygen atoms in total. The van der Waals surface area contributed by atoms with Gasteiger partial charge in [-0.2, -0.15) is 0 Å². The van der Waals surface area contributed by atoms with Crippen LogP contribution in [0.25, 0.3) is 16.7 Å². The summed E-state index contributed by atoms with van der Waals surface area (Å²) in [4.78, 5) is 10.8. The summed E-state index contributed by atoms with van der Waals surface area (Å²) in [6, 6.07) is 11.8. The highest BCUT2D eigenvalue weighted by Gasteiger charge is 2.32. The van der Waals surface area contributed by atoms with E-state index in [2.05, 4.69) is 0 Å². The van der Waals surface area contributed by atoms with Crippen molar-refractivity contribution in [1.29, 1.82) is 0 Å². The summed E-state index contributed by atoms with van der Waals surface area (Å²) in [5.41, 5.74) is 2.66. The number of halogens is 3. The molecule has 4 atom stereocenters. The highest BCUT2D eigenvalue weighted by Crippen LogP contribution is 2.35. The van der Waals surface area contributed by atoms with E-state index in [-0.39, 0.29) is 35.8 Å². The quantitative estimate of drug-likeness (QED) is 0.344. The fraction of sp³-hybridized carbons (Fsp3) is 0.321. The van der Waals surface area contributed by atoms with E-state index in [4.69, 9.17) is 9.47 Å². The summed E-state index contributed by atoms with van der Waals surface area (Å²) < 4.78 is 55.0. The van der Waals surface area contributed by atoms with Crippen LogP contribution >= 0.6 is 0 Å². The maximum Gasteiger partial charge on any atom is 0.192 e. The van der Waals surface area contributed by atoms with E-state index in [0.29, 0.717) is 29.7 Å². The summed E-state index contributed by atoms with van der Waals surface area (Å²) in [5, 5.41) is 0. The Morgan fingerprint density at radius 2 is 1.79 bits per heavy atom. The molecule has 1 aliphatic heterocycles. The smallest absolute Gasteiger partial charge is 0.192 e. The number of benzene rings is 2. The number of alkyl halides is 2. The van der Waals surface area contributed by atoms with Crippen LogP contribution < -0.4 is 0 Å². The average Bonchev–Trinajstić information content (AvgIpc) is 2.87. The van der Waals surface area contributed by atoms with Crippen molar-refractivity contribution < 1.29 is 27.4 Å². The van der Waals surface area contributed by atoms with Crippen molar-refractivity contribution in [1.82, 2.24) is 0 Å². The second-order valence-corrected chi connectivity index (χ2v) is 8.47. The topological polar surface area (TPSA) is 35.5 Å². The second kappa shape index (κ2) is 10.9. The molecular weight excluding hydrogens is 441 g/mol. The molecule has 2 aliphatic rings. The first-order chi connectivity index (χ1) is 16.5. The van der Waals surface area contributed by atoms with Gasteiger partial charge in [0.05, 0.1) is 6.61 Å². The molecule has 4 rings (SSSR count). The first-order valence-corrected chi connectivity index (χ1v) is 11.4. The van der Waals surface area contributed by atoms with Crippen molar-refractivity contribution in [3.63, 3.8) is 0 Å². The van der Waals surface area contributed by atoms with Crippen molar-refractivity contribution in [3.8, 4) is 11.1 Å². The molecule has 0 spiro atoms. The van der Waals surface area contributed by atoms with Crippen LogP contribution in [0.3, 0.4) is 0 Å². The lowest BCUT2D eigenvalue weighted by Gasteiger charge is -2.26. The van der Waals surface area contributed by atoms with Gasteiger partial charge in [0.1, 0.15) is 30.6 Å². The Kier molecular flexibility index (Phi) is 7.68. The third kappa shape index (κ3) is 5.17. The summed E-state index contributed by atoms with van der Waals surface area (Å²) in [5.74, 6) is -0.341. The zero-order valence-electron chi connectivity index (χ0n) is 18.9. The summed E-state index contributed by atoms with van der Waals surface area (Å²) >= 11 is 0. The maximum atomic E-state index is 14.9. The van der Waals surface area contributed by atoms with Gasteiger partial charge in [0.25, 0.3) is 0 Å². The minimum atomic E-state index is -1.87. The van der Waals surface area contributed by atoms with Gasteiger partial charge in [-0.05, 0) is 54.2 Å². The number of carbonyl (C=O) groups is 1. The first kappa shape index (κ1) is 24.0. The molecule has 0 bridgehead atoms. The van der Waals surface area contributed by atoms with Crippen molar-refractivity contribution in [2.45, 2.75) is 44.1 Å². The maximum absolute atomic E-state index is 14.9. The molecule has 0 saturated carbocycles. The van der Waals surface area contributed by atoms with Crippen LogP contribution in [0.15, 0.2) is 72.5 Å². The van der Waals surface area contributed by atoms with Gasteiger partial charge in [-0.3, -0.25) is 0 Å². The van der Waals surface area contributed by atoms with Crippen molar-refractivity contribution >= 4 is 11.9 Å². The number of rotatable bonds is 7. The molecular formula is C28H27F3O3. The molecule has 178 valence electrons. The SMILES string of the molecule is C/C=C/COC1=CC=C(c2ccc(-c3ccc(C4CCC(C=O)OC4)cc3F)cc2)C(F)C1F. The van der Waals surface area contributed by atoms with E-state index in [9.17, 15) is 18.0 Å². The van der Waals surface area contributed by atoms with Gasteiger partial charge in [-0.25, -0.2) is 13.2 Å². The molecule has 0 radical (unpaired) electrons. The Morgan fingerprint density at radius 3 is 2.44 bits per heavy atom. The minimum absolute atomic E-state index is 0.0295. The van der Waals surface area contributed by atoms with Crippen LogP contribution in [0.1, 0.15) is 36.8 Å². The van der Waals surface area contributed by atoms with Crippen LogP contribution in [-0.4, -0.2) is 37.9 Å². The molecule has 2 aromatic rings. The van der Waals surface area contributed by atoms with Crippen LogP contribution in [-0.2, 0) is 14.3 Å².